The molecule has 1 aliphatic carbocycles. The molecule has 0 saturated carbocycles. The Morgan fingerprint density at radius 1 is 1.31 bits per heavy atom. The van der Waals surface area contributed by atoms with Gasteiger partial charge in [-0.25, -0.2) is 4.98 Å². The van der Waals surface area contributed by atoms with E-state index in [-0.39, 0.29) is 11.9 Å². The number of rotatable bonds is 7. The predicted molar refractivity (Wildman–Crippen MR) is 108 cm³/mol. The van der Waals surface area contributed by atoms with Gasteiger partial charge in [-0.3, -0.25) is 4.79 Å². The number of nitrogens with one attached hydrogen (secondary N) is 1. The quantitative estimate of drug-likeness (QED) is 0.606. The molecule has 0 fully saturated rings. The van der Waals surface area contributed by atoms with Gasteiger partial charge in [0.15, 0.2) is 5.13 Å². The summed E-state index contributed by atoms with van der Waals surface area (Å²) in [6.45, 7) is 2.50. The van der Waals surface area contributed by atoms with Gasteiger partial charge in [0.1, 0.15) is 0 Å². The van der Waals surface area contributed by atoms with E-state index in [2.05, 4.69) is 22.5 Å². The van der Waals surface area contributed by atoms with Crippen molar-refractivity contribution < 1.29 is 9.53 Å². The van der Waals surface area contributed by atoms with Crippen LogP contribution in [-0.4, -0.2) is 24.6 Å². The van der Waals surface area contributed by atoms with E-state index >= 15 is 0 Å². The molecule has 0 amide bonds. The van der Waals surface area contributed by atoms with Crippen LogP contribution in [0.3, 0.4) is 0 Å². The highest BCUT2D eigenvalue weighted by Gasteiger charge is 2.22. The fourth-order valence-corrected chi connectivity index (χ4v) is 3.76. The van der Waals surface area contributed by atoms with Crippen molar-refractivity contribution in [3.05, 3.63) is 56.9 Å². The largest absolute Gasteiger partial charge is 0.469 e. The number of carbonyl (C=O) groups is 1. The molecular weight excluding hydrogens is 391 g/mol. The standard InChI is InChI=1S/C19H18Cl2N2O2S/c1-11-5-12(6-11)7-14(18(24)25-2)9-22-19-23-17(10-26-19)13-3-4-15(20)16(21)8-13/h3-6,8,10,14H,7,9H2,1-2H3,(H,22,23). The zero-order chi connectivity index (χ0) is 18.7. The smallest absolute Gasteiger partial charge is 0.310 e. The minimum absolute atomic E-state index is 0.224. The first-order chi connectivity index (χ1) is 12.5. The number of methoxy groups -OCH3 is 1. The van der Waals surface area contributed by atoms with Gasteiger partial charge in [-0.05, 0) is 31.1 Å². The first-order valence-corrected chi connectivity index (χ1v) is 9.71. The minimum Gasteiger partial charge on any atom is -0.469 e. The molecule has 7 heteroatoms. The van der Waals surface area contributed by atoms with Gasteiger partial charge in [0.2, 0.25) is 0 Å². The Labute approximate surface area is 166 Å². The second-order valence-electron chi connectivity index (χ2n) is 6.08. The first kappa shape index (κ1) is 19.0. The van der Waals surface area contributed by atoms with Crippen molar-refractivity contribution >= 4 is 45.6 Å². The maximum absolute atomic E-state index is 12.0. The number of nitrogens with zero attached hydrogens (tertiary/aromatic N) is 1. The Hall–Kier alpha value is -1.82. The summed E-state index contributed by atoms with van der Waals surface area (Å²) in [7, 11) is 1.41. The number of carbonyl (C=O) groups excluding carboxylic acids is 1. The Balaban J connectivity index is 1.64. The number of hydrogen-bond donors (Lipinski definition) is 1. The van der Waals surface area contributed by atoms with Crippen LogP contribution in [0.25, 0.3) is 11.3 Å². The summed E-state index contributed by atoms with van der Waals surface area (Å²) in [6, 6.07) is 5.42. The van der Waals surface area contributed by atoms with E-state index in [0.29, 0.717) is 23.0 Å². The second kappa shape index (κ2) is 8.25. The molecule has 2 aromatic rings. The van der Waals surface area contributed by atoms with Gasteiger partial charge in [-0.15, -0.1) is 11.3 Å². The van der Waals surface area contributed by atoms with Crippen molar-refractivity contribution in [3.63, 3.8) is 0 Å². The van der Waals surface area contributed by atoms with Crippen molar-refractivity contribution in [1.82, 2.24) is 4.98 Å². The zero-order valence-electron chi connectivity index (χ0n) is 14.4. The number of esters is 1. The summed E-state index contributed by atoms with van der Waals surface area (Å²) in [4.78, 5) is 16.6. The van der Waals surface area contributed by atoms with Crippen LogP contribution in [0.5, 0.6) is 0 Å². The van der Waals surface area contributed by atoms with E-state index < -0.39 is 0 Å². The van der Waals surface area contributed by atoms with Gasteiger partial charge >= 0.3 is 5.97 Å². The molecule has 1 aromatic carbocycles. The lowest BCUT2D eigenvalue weighted by Gasteiger charge is -2.19. The number of benzene rings is 1. The van der Waals surface area contributed by atoms with E-state index in [0.717, 1.165) is 22.0 Å². The maximum atomic E-state index is 12.0. The summed E-state index contributed by atoms with van der Waals surface area (Å²) in [5.74, 6) is -0.481. The van der Waals surface area contributed by atoms with Crippen molar-refractivity contribution in [2.24, 2.45) is 5.92 Å². The molecule has 1 aliphatic rings. The van der Waals surface area contributed by atoms with Gasteiger partial charge in [0.25, 0.3) is 0 Å². The number of anilines is 1. The summed E-state index contributed by atoms with van der Waals surface area (Å²) in [6.07, 6.45) is 4.82. The molecule has 26 heavy (non-hydrogen) atoms. The van der Waals surface area contributed by atoms with Gasteiger partial charge in [-0.1, -0.05) is 47.0 Å². The molecule has 0 bridgehead atoms. The highest BCUT2D eigenvalue weighted by Crippen LogP contribution is 2.31. The molecule has 0 radical (unpaired) electrons. The fourth-order valence-electron chi connectivity index (χ4n) is 2.73. The summed E-state index contributed by atoms with van der Waals surface area (Å²) in [5, 5.41) is 6.93. The van der Waals surface area contributed by atoms with Crippen LogP contribution in [-0.2, 0) is 9.53 Å². The Morgan fingerprint density at radius 2 is 2.08 bits per heavy atom. The van der Waals surface area contributed by atoms with Gasteiger partial charge < -0.3 is 10.1 Å². The first-order valence-electron chi connectivity index (χ1n) is 8.08. The molecule has 1 N–H and O–H groups in total. The average molecular weight is 409 g/mol. The Morgan fingerprint density at radius 3 is 2.73 bits per heavy atom. The van der Waals surface area contributed by atoms with Crippen molar-refractivity contribution in [2.45, 2.75) is 13.3 Å². The van der Waals surface area contributed by atoms with Crippen LogP contribution in [0.4, 0.5) is 5.13 Å². The summed E-state index contributed by atoms with van der Waals surface area (Å²) >= 11 is 13.5. The minimum atomic E-state index is -0.257. The van der Waals surface area contributed by atoms with E-state index in [4.69, 9.17) is 27.9 Å². The molecule has 1 heterocycles. The van der Waals surface area contributed by atoms with E-state index in [1.54, 1.807) is 12.1 Å². The Bertz CT molecular complexity index is 889. The summed E-state index contributed by atoms with van der Waals surface area (Å²) < 4.78 is 4.92. The lowest BCUT2D eigenvalue weighted by Crippen LogP contribution is -2.25. The van der Waals surface area contributed by atoms with Crippen LogP contribution in [0.15, 0.2) is 46.9 Å². The molecule has 0 saturated heterocycles. The number of allylic oxidation sites excluding steroid dienone is 4. The number of ether oxygens (including phenoxy) is 1. The van der Waals surface area contributed by atoms with Crippen LogP contribution in [0.1, 0.15) is 13.3 Å². The molecular formula is C19H18Cl2N2O2S. The predicted octanol–water partition coefficient (Wildman–Crippen LogP) is 5.59. The van der Waals surface area contributed by atoms with Gasteiger partial charge in [0.05, 0.1) is 28.8 Å². The number of aromatic nitrogens is 1. The van der Waals surface area contributed by atoms with Crippen molar-refractivity contribution in [2.75, 3.05) is 19.0 Å². The molecule has 4 nitrogen and oxygen atoms in total. The van der Waals surface area contributed by atoms with Crippen LogP contribution in [0.2, 0.25) is 10.0 Å². The normalized spacial score (nSPS) is 14.2. The van der Waals surface area contributed by atoms with Crippen molar-refractivity contribution in [3.8, 4) is 11.3 Å². The summed E-state index contributed by atoms with van der Waals surface area (Å²) in [5.41, 5.74) is 4.09. The third-order valence-corrected chi connectivity index (χ3v) is 5.60. The monoisotopic (exact) mass is 408 g/mol. The fraction of sp³-hybridized carbons (Fsp3) is 0.263. The van der Waals surface area contributed by atoms with E-state index in [1.807, 2.05) is 18.4 Å². The average Bonchev–Trinajstić information content (AvgIpc) is 3.07. The number of hydrogen-bond acceptors (Lipinski definition) is 5. The van der Waals surface area contributed by atoms with Crippen LogP contribution >= 0.6 is 34.5 Å². The maximum Gasteiger partial charge on any atom is 0.310 e. The SMILES string of the molecule is COC(=O)C(CNc1nc(-c2ccc(Cl)c(Cl)c2)cs1)CC1=CC(C)=C1. The Kier molecular flexibility index (Phi) is 6.01. The third-order valence-electron chi connectivity index (χ3n) is 4.06. The van der Waals surface area contributed by atoms with Gasteiger partial charge in [-0.2, -0.15) is 0 Å². The molecule has 1 aromatic heterocycles. The lowest BCUT2D eigenvalue weighted by molar-refractivity contribution is -0.144. The topological polar surface area (TPSA) is 51.2 Å². The molecule has 1 atom stereocenters. The number of thiazole rings is 1. The van der Waals surface area contributed by atoms with Crippen LogP contribution < -0.4 is 5.32 Å². The molecule has 0 aliphatic heterocycles. The van der Waals surface area contributed by atoms with E-state index in [1.165, 1.54) is 24.0 Å². The second-order valence-corrected chi connectivity index (χ2v) is 7.75. The zero-order valence-corrected chi connectivity index (χ0v) is 16.7. The van der Waals surface area contributed by atoms with Gasteiger partial charge in [0, 0.05) is 17.5 Å². The lowest BCUT2D eigenvalue weighted by atomic mass is 9.91. The van der Waals surface area contributed by atoms with Crippen molar-refractivity contribution in [1.29, 1.82) is 0 Å². The highest BCUT2D eigenvalue weighted by atomic mass is 35.5. The van der Waals surface area contributed by atoms with Crippen LogP contribution in [0, 0.1) is 5.92 Å². The van der Waals surface area contributed by atoms with E-state index in [9.17, 15) is 4.79 Å². The third kappa shape index (κ3) is 4.47. The molecule has 1 unspecified atom stereocenters. The highest BCUT2D eigenvalue weighted by molar-refractivity contribution is 7.14. The molecule has 3 rings (SSSR count). The molecule has 0 spiro atoms. The number of halogens is 2. The molecule has 136 valence electrons.